The molecule has 1 atom stereocenters. The minimum absolute atomic E-state index is 0.144. The maximum atomic E-state index is 12.2. The molecule has 0 spiro atoms. The first kappa shape index (κ1) is 12.7. The van der Waals surface area contributed by atoms with Crippen LogP contribution in [-0.4, -0.2) is 19.8 Å². The molecule has 0 aromatic rings. The monoisotopic (exact) mass is 222 g/mol. The lowest BCUT2D eigenvalue weighted by Gasteiger charge is -2.11. The van der Waals surface area contributed by atoms with Crippen LogP contribution in [0.25, 0.3) is 0 Å². The van der Waals surface area contributed by atoms with Crippen LogP contribution in [-0.2, 0) is 10.2 Å². The summed E-state index contributed by atoms with van der Waals surface area (Å²) in [7, 11) is -4.84. The van der Waals surface area contributed by atoms with Gasteiger partial charge in [-0.3, -0.25) is 0 Å². The van der Waals surface area contributed by atoms with E-state index < -0.39 is 34.5 Å². The standard InChI is InChI=1S/C6H10F4O2S/c1-2-5(13(10,11)12)3-4-6(7,8)9/h5H,2-4H2,1H3. The fourth-order valence-corrected chi connectivity index (χ4v) is 1.67. The lowest BCUT2D eigenvalue weighted by molar-refractivity contribution is -0.135. The van der Waals surface area contributed by atoms with Gasteiger partial charge in [0.25, 0.3) is 0 Å². The van der Waals surface area contributed by atoms with Crippen LogP contribution in [0.4, 0.5) is 17.1 Å². The lowest BCUT2D eigenvalue weighted by atomic mass is 10.2. The topological polar surface area (TPSA) is 34.1 Å². The summed E-state index contributed by atoms with van der Waals surface area (Å²) in [6.45, 7) is 1.33. The molecule has 0 rings (SSSR count). The molecule has 0 saturated heterocycles. The molecule has 1 unspecified atom stereocenters. The largest absolute Gasteiger partial charge is 0.389 e. The van der Waals surface area contributed by atoms with E-state index in [-0.39, 0.29) is 6.42 Å². The molecule has 0 bridgehead atoms. The van der Waals surface area contributed by atoms with Gasteiger partial charge in [-0.2, -0.15) is 21.6 Å². The normalized spacial score (nSPS) is 15.8. The molecule has 7 heteroatoms. The van der Waals surface area contributed by atoms with Gasteiger partial charge in [0.1, 0.15) is 0 Å². The van der Waals surface area contributed by atoms with Crippen molar-refractivity contribution in [3.05, 3.63) is 0 Å². The molecule has 0 aliphatic heterocycles. The zero-order valence-electron chi connectivity index (χ0n) is 6.94. The van der Waals surface area contributed by atoms with E-state index in [0.29, 0.717) is 0 Å². The molecule has 0 aliphatic carbocycles. The molecule has 0 saturated carbocycles. The van der Waals surface area contributed by atoms with Crippen molar-refractivity contribution in [3.63, 3.8) is 0 Å². The van der Waals surface area contributed by atoms with Gasteiger partial charge in [-0.15, -0.1) is 3.89 Å². The highest BCUT2D eigenvalue weighted by Crippen LogP contribution is 2.25. The van der Waals surface area contributed by atoms with Gasteiger partial charge in [-0.1, -0.05) is 6.92 Å². The molecular formula is C6H10F4O2S. The molecule has 0 N–H and O–H groups in total. The van der Waals surface area contributed by atoms with Crippen molar-refractivity contribution in [2.45, 2.75) is 37.6 Å². The molecule has 0 radical (unpaired) electrons. The Hall–Kier alpha value is -0.330. The summed E-state index contributed by atoms with van der Waals surface area (Å²) in [5.74, 6) is 0. The molecule has 0 aromatic heterocycles. The highest BCUT2D eigenvalue weighted by molar-refractivity contribution is 7.87. The van der Waals surface area contributed by atoms with Crippen LogP contribution in [0.1, 0.15) is 26.2 Å². The van der Waals surface area contributed by atoms with E-state index in [1.807, 2.05) is 0 Å². The Morgan fingerprint density at radius 3 is 2.00 bits per heavy atom. The van der Waals surface area contributed by atoms with Crippen LogP contribution in [0.5, 0.6) is 0 Å². The van der Waals surface area contributed by atoms with Crippen molar-refractivity contribution in [1.29, 1.82) is 0 Å². The van der Waals surface area contributed by atoms with Crippen molar-refractivity contribution >= 4 is 10.2 Å². The average Bonchev–Trinajstić information content (AvgIpc) is 1.82. The van der Waals surface area contributed by atoms with Crippen molar-refractivity contribution in [3.8, 4) is 0 Å². The predicted molar refractivity (Wildman–Crippen MR) is 39.4 cm³/mol. The fourth-order valence-electron chi connectivity index (χ4n) is 0.869. The van der Waals surface area contributed by atoms with Gasteiger partial charge in [0.2, 0.25) is 0 Å². The number of hydrogen-bond donors (Lipinski definition) is 0. The smallest absolute Gasteiger partial charge is 0.195 e. The molecule has 0 aromatic carbocycles. The van der Waals surface area contributed by atoms with Crippen LogP contribution in [0.3, 0.4) is 0 Å². The van der Waals surface area contributed by atoms with Gasteiger partial charge in [0.15, 0.2) is 0 Å². The second kappa shape index (κ2) is 4.26. The van der Waals surface area contributed by atoms with Crippen molar-refractivity contribution in [2.75, 3.05) is 0 Å². The maximum absolute atomic E-state index is 12.2. The van der Waals surface area contributed by atoms with Gasteiger partial charge >= 0.3 is 16.4 Å². The minimum Gasteiger partial charge on any atom is -0.195 e. The van der Waals surface area contributed by atoms with Crippen LogP contribution in [0.2, 0.25) is 0 Å². The van der Waals surface area contributed by atoms with Crippen LogP contribution < -0.4 is 0 Å². The minimum atomic E-state index is -4.84. The molecule has 13 heavy (non-hydrogen) atoms. The Bertz CT molecular complexity index is 244. The highest BCUT2D eigenvalue weighted by atomic mass is 32.3. The summed E-state index contributed by atoms with van der Waals surface area (Å²) in [5, 5.41) is -1.53. The highest BCUT2D eigenvalue weighted by Gasteiger charge is 2.32. The predicted octanol–water partition coefficient (Wildman–Crippen LogP) is 2.41. The van der Waals surface area contributed by atoms with E-state index >= 15 is 0 Å². The van der Waals surface area contributed by atoms with Crippen molar-refractivity contribution < 1.29 is 25.5 Å². The quantitative estimate of drug-likeness (QED) is 0.540. The second-order valence-electron chi connectivity index (χ2n) is 2.66. The van der Waals surface area contributed by atoms with E-state index in [2.05, 4.69) is 0 Å². The summed E-state index contributed by atoms with van der Waals surface area (Å²) in [5.41, 5.74) is 0. The molecule has 0 amide bonds. The summed E-state index contributed by atoms with van der Waals surface area (Å²) >= 11 is 0. The maximum Gasteiger partial charge on any atom is 0.389 e. The second-order valence-corrected chi connectivity index (χ2v) is 4.28. The fraction of sp³-hybridized carbons (Fsp3) is 1.00. The third-order valence-corrected chi connectivity index (χ3v) is 2.97. The third-order valence-electron chi connectivity index (χ3n) is 1.60. The van der Waals surface area contributed by atoms with Gasteiger partial charge in [-0.05, 0) is 12.8 Å². The Kier molecular flexibility index (Phi) is 4.15. The van der Waals surface area contributed by atoms with Crippen LogP contribution in [0.15, 0.2) is 0 Å². The Morgan fingerprint density at radius 2 is 1.77 bits per heavy atom. The van der Waals surface area contributed by atoms with Gasteiger partial charge in [-0.25, -0.2) is 0 Å². The van der Waals surface area contributed by atoms with Gasteiger partial charge in [0.05, 0.1) is 5.25 Å². The number of rotatable bonds is 4. The first-order valence-electron chi connectivity index (χ1n) is 3.67. The number of hydrogen-bond acceptors (Lipinski definition) is 2. The zero-order valence-corrected chi connectivity index (χ0v) is 7.75. The Labute approximate surface area is 74.1 Å². The van der Waals surface area contributed by atoms with Crippen LogP contribution in [0, 0.1) is 0 Å². The first-order valence-corrected chi connectivity index (χ1v) is 5.11. The molecule has 0 aliphatic rings. The Morgan fingerprint density at radius 1 is 1.31 bits per heavy atom. The molecule has 2 nitrogen and oxygen atoms in total. The van der Waals surface area contributed by atoms with Crippen LogP contribution >= 0.6 is 0 Å². The van der Waals surface area contributed by atoms with Crippen molar-refractivity contribution in [2.24, 2.45) is 0 Å². The lowest BCUT2D eigenvalue weighted by Crippen LogP contribution is -2.19. The summed E-state index contributed by atoms with van der Waals surface area (Å²) in [6.07, 6.45) is -6.56. The van der Waals surface area contributed by atoms with E-state index in [1.54, 1.807) is 0 Å². The molecule has 0 heterocycles. The summed E-state index contributed by atoms with van der Waals surface area (Å²) in [6, 6.07) is 0. The van der Waals surface area contributed by atoms with E-state index in [4.69, 9.17) is 0 Å². The van der Waals surface area contributed by atoms with E-state index in [0.717, 1.165) is 0 Å². The SMILES string of the molecule is CCC(CCC(F)(F)F)S(=O)(=O)F. The molecular weight excluding hydrogens is 212 g/mol. The third kappa shape index (κ3) is 5.84. The summed E-state index contributed by atoms with van der Waals surface area (Å²) < 4.78 is 67.6. The first-order chi connectivity index (χ1) is 5.67. The van der Waals surface area contributed by atoms with E-state index in [9.17, 15) is 25.5 Å². The van der Waals surface area contributed by atoms with Crippen molar-refractivity contribution in [1.82, 2.24) is 0 Å². The zero-order chi connectivity index (χ0) is 10.7. The number of alkyl halides is 3. The van der Waals surface area contributed by atoms with Gasteiger partial charge < -0.3 is 0 Å². The van der Waals surface area contributed by atoms with Gasteiger partial charge in [0, 0.05) is 6.42 Å². The number of halogens is 4. The van der Waals surface area contributed by atoms with E-state index in [1.165, 1.54) is 6.92 Å². The average molecular weight is 222 g/mol. The summed E-state index contributed by atoms with van der Waals surface area (Å²) in [4.78, 5) is 0. The Balaban J connectivity index is 4.18. The molecule has 80 valence electrons. The molecule has 0 fully saturated rings.